The Morgan fingerprint density at radius 3 is 2.68 bits per heavy atom. The fraction of sp³-hybridized carbons (Fsp3) is 0.500. The first-order valence-corrected chi connectivity index (χ1v) is 7.50. The summed E-state index contributed by atoms with van der Waals surface area (Å²) in [4.78, 5) is 15.8. The summed E-state index contributed by atoms with van der Waals surface area (Å²) in [6, 6.07) is 8.54. The molecule has 0 radical (unpaired) electrons. The second-order valence-electron chi connectivity index (χ2n) is 5.06. The molecule has 3 rings (SSSR count). The minimum absolute atomic E-state index is 0. The van der Waals surface area contributed by atoms with Gasteiger partial charge >= 0.3 is 0 Å². The molecule has 0 aromatic heterocycles. The van der Waals surface area contributed by atoms with Crippen molar-refractivity contribution in [1.29, 1.82) is 0 Å². The molecule has 2 aliphatic rings. The van der Waals surface area contributed by atoms with E-state index in [9.17, 15) is 4.79 Å². The predicted octanol–water partition coefficient (Wildman–Crippen LogP) is 2.25. The summed E-state index contributed by atoms with van der Waals surface area (Å²) >= 11 is 1.80. The normalized spacial score (nSPS) is 22.8. The van der Waals surface area contributed by atoms with Gasteiger partial charge in [0.2, 0.25) is 5.91 Å². The Labute approximate surface area is 124 Å². The molecular weight excluding hydrogens is 280 g/mol. The van der Waals surface area contributed by atoms with Crippen LogP contribution in [0.5, 0.6) is 0 Å². The van der Waals surface area contributed by atoms with Crippen LogP contribution in [-0.4, -0.2) is 35.7 Å². The predicted molar refractivity (Wildman–Crippen MR) is 80.9 cm³/mol. The molecule has 2 N–H and O–H groups in total. The van der Waals surface area contributed by atoms with Crippen molar-refractivity contribution >= 4 is 30.1 Å². The molecule has 5 heteroatoms. The molecule has 3 nitrogen and oxygen atoms in total. The Balaban J connectivity index is 0.00000133. The van der Waals surface area contributed by atoms with E-state index >= 15 is 0 Å². The number of hydrogen-bond acceptors (Lipinski definition) is 3. The van der Waals surface area contributed by atoms with Crippen molar-refractivity contribution in [2.75, 3.05) is 18.8 Å². The van der Waals surface area contributed by atoms with E-state index in [4.69, 9.17) is 5.73 Å². The highest BCUT2D eigenvalue weighted by atomic mass is 35.5. The summed E-state index contributed by atoms with van der Waals surface area (Å²) in [6.45, 7) is 1.65. The van der Waals surface area contributed by atoms with E-state index in [-0.39, 0.29) is 24.4 Å². The van der Waals surface area contributed by atoms with Gasteiger partial charge in [-0.2, -0.15) is 0 Å². The lowest BCUT2D eigenvalue weighted by Gasteiger charge is -2.32. The Kier molecular flexibility index (Phi) is 4.76. The molecular formula is C14H19ClN2OS. The molecule has 1 saturated heterocycles. The van der Waals surface area contributed by atoms with E-state index in [1.54, 1.807) is 11.8 Å². The second-order valence-corrected chi connectivity index (χ2v) is 6.13. The zero-order valence-electron chi connectivity index (χ0n) is 10.7. The molecule has 0 aliphatic carbocycles. The maximum atomic E-state index is 12.5. The van der Waals surface area contributed by atoms with Crippen LogP contribution in [0.4, 0.5) is 0 Å². The van der Waals surface area contributed by atoms with Gasteiger partial charge in [-0.1, -0.05) is 18.2 Å². The van der Waals surface area contributed by atoms with Gasteiger partial charge in [0.25, 0.3) is 0 Å². The molecule has 1 amide bonds. The number of amides is 1. The van der Waals surface area contributed by atoms with E-state index in [1.807, 2.05) is 17.0 Å². The standard InChI is InChI=1S/C14H18N2OS.ClH/c15-10-5-7-16(8-6-10)14(17)12-9-18-13-4-2-1-3-11(12)13;/h1-4,10,12H,5-9,15H2;1H. The molecule has 2 heterocycles. The number of piperidine rings is 1. The van der Waals surface area contributed by atoms with Crippen molar-refractivity contribution in [3.8, 4) is 0 Å². The minimum atomic E-state index is 0. The van der Waals surface area contributed by atoms with Crippen LogP contribution in [0, 0.1) is 0 Å². The largest absolute Gasteiger partial charge is 0.342 e. The lowest BCUT2D eigenvalue weighted by Crippen LogP contribution is -2.44. The van der Waals surface area contributed by atoms with Gasteiger partial charge in [-0.05, 0) is 24.5 Å². The summed E-state index contributed by atoms with van der Waals surface area (Å²) < 4.78 is 0. The van der Waals surface area contributed by atoms with Crippen LogP contribution in [0.15, 0.2) is 29.2 Å². The Hall–Kier alpha value is -0.710. The van der Waals surface area contributed by atoms with E-state index in [0.29, 0.717) is 5.91 Å². The molecule has 2 aliphatic heterocycles. The van der Waals surface area contributed by atoms with Crippen LogP contribution in [0.1, 0.15) is 24.3 Å². The first-order valence-electron chi connectivity index (χ1n) is 6.52. The Bertz CT molecular complexity index is 461. The average molecular weight is 299 g/mol. The maximum Gasteiger partial charge on any atom is 0.231 e. The van der Waals surface area contributed by atoms with Crippen molar-refractivity contribution in [3.63, 3.8) is 0 Å². The van der Waals surface area contributed by atoms with Crippen molar-refractivity contribution in [3.05, 3.63) is 29.8 Å². The molecule has 0 spiro atoms. The highest BCUT2D eigenvalue weighted by molar-refractivity contribution is 7.99. The van der Waals surface area contributed by atoms with Crippen molar-refractivity contribution in [1.82, 2.24) is 4.90 Å². The highest BCUT2D eigenvalue weighted by Crippen LogP contribution is 2.40. The van der Waals surface area contributed by atoms with E-state index in [1.165, 1.54) is 10.5 Å². The average Bonchev–Trinajstić information content (AvgIpc) is 2.82. The van der Waals surface area contributed by atoms with Crippen LogP contribution in [-0.2, 0) is 4.79 Å². The number of nitrogens with zero attached hydrogens (tertiary/aromatic N) is 1. The monoisotopic (exact) mass is 298 g/mol. The third-order valence-corrected chi connectivity index (χ3v) is 5.03. The first kappa shape index (κ1) is 14.7. The lowest BCUT2D eigenvalue weighted by molar-refractivity contribution is -0.133. The molecule has 1 aromatic carbocycles. The summed E-state index contributed by atoms with van der Waals surface area (Å²) in [5.41, 5.74) is 7.10. The lowest BCUT2D eigenvalue weighted by atomic mass is 9.98. The van der Waals surface area contributed by atoms with Gasteiger partial charge < -0.3 is 10.6 Å². The fourth-order valence-electron chi connectivity index (χ4n) is 2.71. The van der Waals surface area contributed by atoms with Gasteiger partial charge in [0.05, 0.1) is 5.92 Å². The summed E-state index contributed by atoms with van der Waals surface area (Å²) in [7, 11) is 0. The topological polar surface area (TPSA) is 46.3 Å². The number of fused-ring (bicyclic) bond motifs is 1. The molecule has 1 aromatic rings. The number of benzene rings is 1. The van der Waals surface area contributed by atoms with Crippen molar-refractivity contribution in [2.45, 2.75) is 29.7 Å². The summed E-state index contributed by atoms with van der Waals surface area (Å²) in [6.07, 6.45) is 1.88. The highest BCUT2D eigenvalue weighted by Gasteiger charge is 2.33. The first-order chi connectivity index (χ1) is 8.75. The molecule has 1 fully saturated rings. The number of halogens is 1. The van der Waals surface area contributed by atoms with E-state index in [0.717, 1.165) is 31.7 Å². The van der Waals surface area contributed by atoms with Crippen molar-refractivity contribution in [2.24, 2.45) is 5.73 Å². The third-order valence-electron chi connectivity index (χ3n) is 3.85. The number of carbonyl (C=O) groups excluding carboxylic acids is 1. The van der Waals surface area contributed by atoms with Crippen LogP contribution in [0.3, 0.4) is 0 Å². The van der Waals surface area contributed by atoms with Gasteiger partial charge in [0.15, 0.2) is 0 Å². The van der Waals surface area contributed by atoms with Gasteiger partial charge in [-0.3, -0.25) is 4.79 Å². The molecule has 19 heavy (non-hydrogen) atoms. The SMILES string of the molecule is Cl.NC1CCN(C(=O)C2CSc3ccccc32)CC1. The summed E-state index contributed by atoms with van der Waals surface area (Å²) in [5.74, 6) is 1.24. The quantitative estimate of drug-likeness (QED) is 0.865. The van der Waals surface area contributed by atoms with Crippen LogP contribution >= 0.6 is 24.2 Å². The van der Waals surface area contributed by atoms with Gasteiger partial charge in [-0.25, -0.2) is 0 Å². The van der Waals surface area contributed by atoms with E-state index in [2.05, 4.69) is 12.1 Å². The van der Waals surface area contributed by atoms with Crippen molar-refractivity contribution < 1.29 is 4.79 Å². The minimum Gasteiger partial charge on any atom is -0.342 e. The second kappa shape index (κ2) is 6.16. The molecule has 1 atom stereocenters. The van der Waals surface area contributed by atoms with Crippen LogP contribution in [0.2, 0.25) is 0 Å². The maximum absolute atomic E-state index is 12.5. The molecule has 104 valence electrons. The number of hydrogen-bond donors (Lipinski definition) is 1. The number of likely N-dealkylation sites (tertiary alicyclic amines) is 1. The third kappa shape index (κ3) is 2.91. The number of thioether (sulfide) groups is 1. The fourth-order valence-corrected chi connectivity index (χ4v) is 3.93. The molecule has 0 bridgehead atoms. The Morgan fingerprint density at radius 2 is 1.95 bits per heavy atom. The zero-order valence-corrected chi connectivity index (χ0v) is 12.4. The van der Waals surface area contributed by atoms with Crippen LogP contribution < -0.4 is 5.73 Å². The summed E-state index contributed by atoms with van der Waals surface area (Å²) in [5, 5.41) is 0. The van der Waals surface area contributed by atoms with Gasteiger partial charge in [0.1, 0.15) is 0 Å². The van der Waals surface area contributed by atoms with Gasteiger partial charge in [0, 0.05) is 29.8 Å². The molecule has 1 unspecified atom stereocenters. The smallest absolute Gasteiger partial charge is 0.231 e. The number of carbonyl (C=O) groups is 1. The van der Waals surface area contributed by atoms with E-state index < -0.39 is 0 Å². The van der Waals surface area contributed by atoms with Gasteiger partial charge in [-0.15, -0.1) is 24.2 Å². The number of nitrogens with two attached hydrogens (primary N) is 1. The Morgan fingerprint density at radius 1 is 1.26 bits per heavy atom. The van der Waals surface area contributed by atoms with Crippen LogP contribution in [0.25, 0.3) is 0 Å². The number of rotatable bonds is 1. The molecule has 0 saturated carbocycles. The zero-order chi connectivity index (χ0) is 12.5.